The third-order valence-corrected chi connectivity index (χ3v) is 10.0. The molecule has 4 aliphatic rings. The minimum Gasteiger partial charge on any atom is -0.309 e. The second-order valence-electron chi connectivity index (χ2n) is 12.4. The molecule has 1 aromatic heterocycles. The largest absolute Gasteiger partial charge is 0.309 e. The zero-order chi connectivity index (χ0) is 26.4. The summed E-state index contributed by atoms with van der Waals surface area (Å²) < 4.78 is 2.43. The molecule has 40 heavy (non-hydrogen) atoms. The molecule has 1 heterocycles. The highest BCUT2D eigenvalue weighted by Crippen LogP contribution is 2.50. The number of nitrogens with zero attached hydrogens (tertiary/aromatic N) is 1. The van der Waals surface area contributed by atoms with Crippen LogP contribution in [0.2, 0.25) is 0 Å². The van der Waals surface area contributed by atoms with E-state index in [0.717, 1.165) is 25.7 Å². The molecule has 0 saturated carbocycles. The van der Waals surface area contributed by atoms with Crippen molar-refractivity contribution in [1.29, 1.82) is 0 Å². The molecule has 0 spiro atoms. The van der Waals surface area contributed by atoms with Crippen LogP contribution in [0.3, 0.4) is 0 Å². The monoisotopic (exact) mass is 513 g/mol. The van der Waals surface area contributed by atoms with E-state index in [1.807, 2.05) is 0 Å². The number of benzene rings is 4. The van der Waals surface area contributed by atoms with Crippen LogP contribution in [0.5, 0.6) is 0 Å². The molecule has 192 valence electrons. The van der Waals surface area contributed by atoms with E-state index >= 15 is 0 Å². The van der Waals surface area contributed by atoms with Gasteiger partial charge >= 0.3 is 0 Å². The molecule has 0 fully saturated rings. The number of hydrogen-bond acceptors (Lipinski definition) is 0. The summed E-state index contributed by atoms with van der Waals surface area (Å²) in [5.74, 6) is 0.622. The highest BCUT2D eigenvalue weighted by atomic mass is 15.0. The van der Waals surface area contributed by atoms with Gasteiger partial charge in [0, 0.05) is 27.8 Å². The third kappa shape index (κ3) is 3.09. The fourth-order valence-electron chi connectivity index (χ4n) is 8.02. The Morgan fingerprint density at radius 1 is 0.775 bits per heavy atom. The average Bonchev–Trinajstić information content (AvgIpc) is 3.65. The molecule has 0 radical (unpaired) electrons. The van der Waals surface area contributed by atoms with E-state index in [1.165, 1.54) is 55.3 Å². The Morgan fingerprint density at radius 2 is 1.57 bits per heavy atom. The van der Waals surface area contributed by atoms with Gasteiger partial charge in [0.2, 0.25) is 0 Å². The Labute approximate surface area is 235 Å². The third-order valence-electron chi connectivity index (χ3n) is 10.0. The maximum atomic E-state index is 2.50. The van der Waals surface area contributed by atoms with Crippen LogP contribution in [-0.4, -0.2) is 4.57 Å². The number of aromatic nitrogens is 1. The van der Waals surface area contributed by atoms with E-state index in [2.05, 4.69) is 127 Å². The van der Waals surface area contributed by atoms with Gasteiger partial charge in [0.15, 0.2) is 0 Å². The lowest BCUT2D eigenvalue weighted by Gasteiger charge is -2.32. The van der Waals surface area contributed by atoms with Crippen molar-refractivity contribution in [2.75, 3.05) is 0 Å². The highest BCUT2D eigenvalue weighted by molar-refractivity contribution is 6.09. The normalized spacial score (nSPS) is 22.4. The van der Waals surface area contributed by atoms with Gasteiger partial charge in [-0.05, 0) is 89.4 Å². The van der Waals surface area contributed by atoms with Crippen molar-refractivity contribution in [2.24, 2.45) is 5.92 Å². The lowest BCUT2D eigenvalue weighted by Crippen LogP contribution is -2.22. The van der Waals surface area contributed by atoms with E-state index in [0.29, 0.717) is 5.92 Å². The highest BCUT2D eigenvalue weighted by Gasteiger charge is 2.37. The quantitative estimate of drug-likeness (QED) is 0.217. The summed E-state index contributed by atoms with van der Waals surface area (Å²) in [6.07, 6.45) is 16.3. The van der Waals surface area contributed by atoms with Crippen molar-refractivity contribution in [3.8, 4) is 16.8 Å². The topological polar surface area (TPSA) is 4.93 Å². The van der Waals surface area contributed by atoms with Crippen LogP contribution in [-0.2, 0) is 11.8 Å². The van der Waals surface area contributed by atoms with Gasteiger partial charge in [-0.2, -0.15) is 0 Å². The molecule has 2 atom stereocenters. The van der Waals surface area contributed by atoms with Crippen LogP contribution in [0.1, 0.15) is 42.9 Å². The maximum Gasteiger partial charge on any atom is 0.0541 e. The standard InChI is InChI=1S/C39H31N/c1-39(19-18-33-28(24-39)21-25-8-2-3-9-31(25)33)29-15-14-26-20-27-22-30(16-17-32(27)36(26)23-29)40-37-12-6-4-10-34(37)35-11-5-7-13-38(35)40/h2-8,10-19,22-23,31H,9,20-21,24H2,1H3. The zero-order valence-corrected chi connectivity index (χ0v) is 22.8. The molecule has 2 unspecified atom stereocenters. The van der Waals surface area contributed by atoms with Crippen LogP contribution >= 0.6 is 0 Å². The van der Waals surface area contributed by atoms with Crippen LogP contribution in [0.15, 0.2) is 132 Å². The molecule has 0 amide bonds. The van der Waals surface area contributed by atoms with Crippen LogP contribution in [0.25, 0.3) is 38.6 Å². The average molecular weight is 514 g/mol. The van der Waals surface area contributed by atoms with Gasteiger partial charge in [0.1, 0.15) is 0 Å². The van der Waals surface area contributed by atoms with Gasteiger partial charge in [0.05, 0.1) is 11.0 Å². The number of hydrogen-bond donors (Lipinski definition) is 0. The van der Waals surface area contributed by atoms with Gasteiger partial charge in [-0.25, -0.2) is 0 Å². The van der Waals surface area contributed by atoms with Gasteiger partial charge < -0.3 is 4.57 Å². The van der Waals surface area contributed by atoms with Crippen molar-refractivity contribution < 1.29 is 0 Å². The Balaban J connectivity index is 1.09. The predicted molar refractivity (Wildman–Crippen MR) is 167 cm³/mol. The summed E-state index contributed by atoms with van der Waals surface area (Å²) in [7, 11) is 0. The van der Waals surface area contributed by atoms with Gasteiger partial charge in [0.25, 0.3) is 0 Å². The number of para-hydroxylation sites is 2. The first kappa shape index (κ1) is 22.5. The van der Waals surface area contributed by atoms with E-state index < -0.39 is 0 Å². The lowest BCUT2D eigenvalue weighted by atomic mass is 9.72. The molecular weight excluding hydrogens is 482 g/mol. The molecule has 1 nitrogen and oxygen atoms in total. The van der Waals surface area contributed by atoms with Gasteiger partial charge in [-0.15, -0.1) is 0 Å². The Morgan fingerprint density at radius 3 is 2.40 bits per heavy atom. The lowest BCUT2D eigenvalue weighted by molar-refractivity contribution is 0.572. The van der Waals surface area contributed by atoms with Crippen molar-refractivity contribution in [3.63, 3.8) is 0 Å². The Hall–Kier alpha value is -4.36. The summed E-state index contributed by atoms with van der Waals surface area (Å²) in [5, 5.41) is 2.63. The first-order chi connectivity index (χ1) is 19.7. The minimum atomic E-state index is 0.0427. The van der Waals surface area contributed by atoms with Crippen LogP contribution < -0.4 is 0 Å². The molecule has 5 aromatic rings. The fourth-order valence-corrected chi connectivity index (χ4v) is 8.02. The molecule has 1 heteroatoms. The molecule has 4 aliphatic carbocycles. The summed E-state index contributed by atoms with van der Waals surface area (Å²) in [5.41, 5.74) is 15.8. The molecule has 0 saturated heterocycles. The summed E-state index contributed by atoms with van der Waals surface area (Å²) in [4.78, 5) is 0. The predicted octanol–water partition coefficient (Wildman–Crippen LogP) is 9.78. The van der Waals surface area contributed by atoms with Crippen molar-refractivity contribution >= 4 is 21.8 Å². The molecule has 9 rings (SSSR count). The Bertz CT molecular complexity index is 1970. The summed E-state index contributed by atoms with van der Waals surface area (Å²) in [6.45, 7) is 2.44. The Kier molecular flexibility index (Phi) is 4.54. The second-order valence-corrected chi connectivity index (χ2v) is 12.4. The van der Waals surface area contributed by atoms with Crippen LogP contribution in [0, 0.1) is 5.92 Å². The van der Waals surface area contributed by atoms with Crippen LogP contribution in [0.4, 0.5) is 0 Å². The smallest absolute Gasteiger partial charge is 0.0541 e. The van der Waals surface area contributed by atoms with Gasteiger partial charge in [-0.3, -0.25) is 0 Å². The summed E-state index contributed by atoms with van der Waals surface area (Å²) in [6, 6.07) is 32.0. The van der Waals surface area contributed by atoms with E-state index in [1.54, 1.807) is 16.7 Å². The molecular formula is C39H31N. The second kappa shape index (κ2) is 8.08. The fraction of sp³-hybridized carbons (Fsp3) is 0.179. The molecule has 0 N–H and O–H groups in total. The number of allylic oxidation sites excluding steroid dienone is 8. The number of rotatable bonds is 2. The molecule has 0 aliphatic heterocycles. The van der Waals surface area contributed by atoms with Crippen molar-refractivity contribution in [3.05, 3.63) is 149 Å². The molecule has 4 aromatic carbocycles. The minimum absolute atomic E-state index is 0.0427. The van der Waals surface area contributed by atoms with E-state index in [4.69, 9.17) is 0 Å². The van der Waals surface area contributed by atoms with E-state index in [9.17, 15) is 0 Å². The SMILES string of the molecule is CC1(c2ccc3c(c2)-c2ccc(-n4c5ccccc5c5ccccc54)cc2C3)C=CC2=C(CC3=CC=CCC32)C1. The van der Waals surface area contributed by atoms with Gasteiger partial charge in [-0.1, -0.05) is 103 Å². The van der Waals surface area contributed by atoms with E-state index in [-0.39, 0.29) is 5.41 Å². The first-order valence-corrected chi connectivity index (χ1v) is 14.7. The maximum absolute atomic E-state index is 2.50. The van der Waals surface area contributed by atoms with Crippen molar-refractivity contribution in [2.45, 2.75) is 38.0 Å². The van der Waals surface area contributed by atoms with Crippen molar-refractivity contribution in [1.82, 2.24) is 4.57 Å². The number of fused-ring (bicyclic) bond motifs is 8. The molecule has 0 bridgehead atoms. The first-order valence-electron chi connectivity index (χ1n) is 14.7. The summed E-state index contributed by atoms with van der Waals surface area (Å²) >= 11 is 0. The zero-order valence-electron chi connectivity index (χ0n) is 22.8.